The SMILES string of the molecule is CCOCCN(C)C(C)(C)C#CC(=O)SC. The van der Waals surface area contributed by atoms with Gasteiger partial charge < -0.3 is 4.74 Å². The molecule has 0 spiro atoms. The van der Waals surface area contributed by atoms with Crippen LogP contribution in [0.15, 0.2) is 0 Å². The van der Waals surface area contributed by atoms with E-state index in [4.69, 9.17) is 4.74 Å². The zero-order valence-corrected chi connectivity index (χ0v) is 11.6. The summed E-state index contributed by atoms with van der Waals surface area (Å²) < 4.78 is 5.29. The summed E-state index contributed by atoms with van der Waals surface area (Å²) in [4.78, 5) is 13.2. The maximum absolute atomic E-state index is 11.1. The Balaban J connectivity index is 4.27. The maximum Gasteiger partial charge on any atom is 0.262 e. The van der Waals surface area contributed by atoms with Crippen LogP contribution in [0.2, 0.25) is 0 Å². The molecule has 0 aliphatic heterocycles. The standard InChI is InChI=1S/C12H21NO2S/c1-6-15-10-9-13(4)12(2,3)8-7-11(14)16-5/h6,9-10H2,1-5H3. The predicted molar refractivity (Wildman–Crippen MR) is 69.5 cm³/mol. The monoisotopic (exact) mass is 243 g/mol. The number of ether oxygens (including phenoxy) is 1. The van der Waals surface area contributed by atoms with Crippen LogP contribution in [0.25, 0.3) is 0 Å². The van der Waals surface area contributed by atoms with Crippen LogP contribution >= 0.6 is 11.8 Å². The van der Waals surface area contributed by atoms with E-state index >= 15 is 0 Å². The first-order valence-corrected chi connectivity index (χ1v) is 6.56. The van der Waals surface area contributed by atoms with E-state index in [1.54, 1.807) is 6.26 Å². The molecule has 0 heterocycles. The minimum absolute atomic E-state index is 0.0914. The van der Waals surface area contributed by atoms with E-state index in [2.05, 4.69) is 16.7 Å². The van der Waals surface area contributed by atoms with Crippen LogP contribution < -0.4 is 0 Å². The second-order valence-electron chi connectivity index (χ2n) is 3.92. The second kappa shape index (κ2) is 7.72. The third kappa shape index (κ3) is 6.16. The fourth-order valence-electron chi connectivity index (χ4n) is 0.976. The molecule has 0 fully saturated rings. The zero-order valence-electron chi connectivity index (χ0n) is 10.8. The first-order valence-electron chi connectivity index (χ1n) is 5.34. The molecule has 3 nitrogen and oxygen atoms in total. The van der Waals surface area contributed by atoms with E-state index in [-0.39, 0.29) is 10.7 Å². The molecule has 0 saturated heterocycles. The fourth-order valence-corrected chi connectivity index (χ4v) is 1.13. The van der Waals surface area contributed by atoms with Crippen LogP contribution in [0.4, 0.5) is 0 Å². The Morgan fingerprint density at radius 1 is 1.50 bits per heavy atom. The smallest absolute Gasteiger partial charge is 0.262 e. The molecule has 0 aromatic rings. The highest BCUT2D eigenvalue weighted by Crippen LogP contribution is 2.10. The topological polar surface area (TPSA) is 29.5 Å². The van der Waals surface area contributed by atoms with Crippen molar-refractivity contribution < 1.29 is 9.53 Å². The van der Waals surface area contributed by atoms with Crippen LogP contribution in [0.1, 0.15) is 20.8 Å². The van der Waals surface area contributed by atoms with Crippen LogP contribution in [0.5, 0.6) is 0 Å². The Morgan fingerprint density at radius 2 is 2.12 bits per heavy atom. The van der Waals surface area contributed by atoms with Crippen LogP contribution in [-0.2, 0) is 9.53 Å². The molecule has 4 heteroatoms. The van der Waals surface area contributed by atoms with Crippen molar-refractivity contribution in [1.29, 1.82) is 0 Å². The third-order valence-corrected chi connectivity index (χ3v) is 2.86. The summed E-state index contributed by atoms with van der Waals surface area (Å²) in [5.74, 6) is 5.62. The number of carbonyl (C=O) groups is 1. The van der Waals surface area contributed by atoms with E-state index in [0.717, 1.165) is 24.9 Å². The van der Waals surface area contributed by atoms with Gasteiger partial charge in [0.2, 0.25) is 0 Å². The van der Waals surface area contributed by atoms with Gasteiger partial charge in [0, 0.05) is 13.2 Å². The van der Waals surface area contributed by atoms with Crippen LogP contribution in [0, 0.1) is 11.8 Å². The minimum atomic E-state index is -0.303. The van der Waals surface area contributed by atoms with E-state index in [0.29, 0.717) is 6.61 Å². The van der Waals surface area contributed by atoms with Crippen molar-refractivity contribution >= 4 is 16.9 Å². The molecular formula is C12H21NO2S. The van der Waals surface area contributed by atoms with Crippen molar-refractivity contribution in [3.05, 3.63) is 0 Å². The molecule has 0 unspecified atom stereocenters. The molecule has 0 N–H and O–H groups in total. The molecule has 0 atom stereocenters. The number of carbonyl (C=O) groups excluding carboxylic acids is 1. The summed E-state index contributed by atoms with van der Waals surface area (Å²) in [5, 5.41) is -0.0914. The lowest BCUT2D eigenvalue weighted by Crippen LogP contribution is -2.41. The first-order chi connectivity index (χ1) is 7.44. The summed E-state index contributed by atoms with van der Waals surface area (Å²) in [6, 6.07) is 0. The van der Waals surface area contributed by atoms with Gasteiger partial charge in [-0.05, 0) is 40.0 Å². The molecule has 0 aromatic carbocycles. The van der Waals surface area contributed by atoms with Crippen molar-refractivity contribution in [2.24, 2.45) is 0 Å². The van der Waals surface area contributed by atoms with Gasteiger partial charge in [-0.15, -0.1) is 0 Å². The largest absolute Gasteiger partial charge is 0.380 e. The quantitative estimate of drug-likeness (QED) is 0.542. The Kier molecular flexibility index (Phi) is 7.48. The molecule has 0 aromatic heterocycles. The molecule has 0 aliphatic carbocycles. The summed E-state index contributed by atoms with van der Waals surface area (Å²) in [6.45, 7) is 8.20. The average molecular weight is 243 g/mol. The first kappa shape index (κ1) is 15.5. The number of nitrogens with zero attached hydrogens (tertiary/aromatic N) is 1. The molecular weight excluding hydrogens is 222 g/mol. The van der Waals surface area contributed by atoms with Gasteiger partial charge in [-0.3, -0.25) is 9.69 Å². The van der Waals surface area contributed by atoms with Crippen molar-refractivity contribution in [2.45, 2.75) is 26.3 Å². The summed E-state index contributed by atoms with van der Waals surface area (Å²) >= 11 is 1.14. The van der Waals surface area contributed by atoms with Gasteiger partial charge >= 0.3 is 0 Å². The third-order valence-electron chi connectivity index (χ3n) is 2.39. The number of likely N-dealkylation sites (N-methyl/N-ethyl adjacent to an activating group) is 1. The van der Waals surface area contributed by atoms with Gasteiger partial charge in [0.15, 0.2) is 0 Å². The van der Waals surface area contributed by atoms with Gasteiger partial charge in [0.05, 0.1) is 12.1 Å². The molecule has 0 radical (unpaired) electrons. The normalized spacial score (nSPS) is 11.1. The molecule has 0 saturated carbocycles. The molecule has 0 rings (SSSR count). The van der Waals surface area contributed by atoms with E-state index < -0.39 is 0 Å². The van der Waals surface area contributed by atoms with Crippen LogP contribution in [-0.4, -0.2) is 48.6 Å². The summed E-state index contributed by atoms with van der Waals surface area (Å²) in [5.41, 5.74) is -0.303. The molecule has 16 heavy (non-hydrogen) atoms. The molecule has 0 amide bonds. The lowest BCUT2D eigenvalue weighted by molar-refractivity contribution is -0.106. The van der Waals surface area contributed by atoms with Gasteiger partial charge in [-0.2, -0.15) is 0 Å². The summed E-state index contributed by atoms with van der Waals surface area (Å²) in [6.07, 6.45) is 1.74. The fraction of sp³-hybridized carbons (Fsp3) is 0.750. The highest BCUT2D eigenvalue weighted by molar-refractivity contribution is 8.13. The zero-order chi connectivity index (χ0) is 12.6. The van der Waals surface area contributed by atoms with Crippen molar-refractivity contribution in [2.75, 3.05) is 33.1 Å². The number of hydrogen-bond donors (Lipinski definition) is 0. The molecule has 0 aliphatic rings. The van der Waals surface area contributed by atoms with E-state index in [1.807, 2.05) is 27.8 Å². The Bertz CT molecular complexity index is 278. The van der Waals surface area contributed by atoms with E-state index in [1.165, 1.54) is 0 Å². The van der Waals surface area contributed by atoms with Gasteiger partial charge in [0.1, 0.15) is 0 Å². The lowest BCUT2D eigenvalue weighted by atomic mass is 10.0. The Hall–Kier alpha value is -0.500. The second-order valence-corrected chi connectivity index (χ2v) is 4.70. The molecule has 92 valence electrons. The van der Waals surface area contributed by atoms with Crippen LogP contribution in [0.3, 0.4) is 0 Å². The van der Waals surface area contributed by atoms with Crippen molar-refractivity contribution in [3.8, 4) is 11.8 Å². The average Bonchev–Trinajstić information content (AvgIpc) is 2.26. The Labute approximate surface area is 103 Å². The maximum atomic E-state index is 11.1. The van der Waals surface area contributed by atoms with Crippen molar-refractivity contribution in [1.82, 2.24) is 4.90 Å². The highest BCUT2D eigenvalue weighted by atomic mass is 32.2. The van der Waals surface area contributed by atoms with Gasteiger partial charge in [-0.1, -0.05) is 17.7 Å². The van der Waals surface area contributed by atoms with Gasteiger partial charge in [-0.25, -0.2) is 0 Å². The molecule has 0 bridgehead atoms. The number of hydrogen-bond acceptors (Lipinski definition) is 4. The van der Waals surface area contributed by atoms with E-state index in [9.17, 15) is 4.79 Å². The minimum Gasteiger partial charge on any atom is -0.380 e. The Morgan fingerprint density at radius 3 is 2.62 bits per heavy atom. The highest BCUT2D eigenvalue weighted by Gasteiger charge is 2.20. The lowest BCUT2D eigenvalue weighted by Gasteiger charge is -2.30. The van der Waals surface area contributed by atoms with Gasteiger partial charge in [0.25, 0.3) is 5.12 Å². The summed E-state index contributed by atoms with van der Waals surface area (Å²) in [7, 11) is 1.98. The predicted octanol–water partition coefficient (Wildman–Crippen LogP) is 1.63. The number of rotatable bonds is 5. The number of thioether (sulfide) groups is 1. The van der Waals surface area contributed by atoms with Crippen molar-refractivity contribution in [3.63, 3.8) is 0 Å².